The molecule has 0 amide bonds. The molecule has 0 fully saturated rings. The molecule has 0 aliphatic rings. The molecule has 0 bridgehead atoms. The molecule has 0 aliphatic heterocycles. The molecule has 2 aromatic carbocycles. The molecule has 0 heterocycles. The molecule has 0 saturated heterocycles. The molecule has 0 aromatic heterocycles. The summed E-state index contributed by atoms with van der Waals surface area (Å²) in [5.74, 6) is 0.657. The van der Waals surface area contributed by atoms with Gasteiger partial charge in [-0.3, -0.25) is 0 Å². The van der Waals surface area contributed by atoms with E-state index in [1.165, 1.54) is 0 Å². The number of rotatable bonds is 3. The van der Waals surface area contributed by atoms with Gasteiger partial charge in [0.2, 0.25) is 9.84 Å². The summed E-state index contributed by atoms with van der Waals surface area (Å²) < 4.78 is 30.5. The lowest BCUT2D eigenvalue weighted by Gasteiger charge is -2.21. The van der Waals surface area contributed by atoms with E-state index in [1.807, 2.05) is 20.8 Å². The Hall–Kier alpha value is -1.81. The van der Waals surface area contributed by atoms with Crippen LogP contribution in [0.4, 0.5) is 0 Å². The first-order valence-corrected chi connectivity index (χ1v) is 7.87. The third-order valence-electron chi connectivity index (χ3n) is 2.61. The zero-order valence-corrected chi connectivity index (χ0v) is 12.6. The summed E-state index contributed by atoms with van der Waals surface area (Å²) in [5, 5.41) is 0. The molecule has 3 nitrogen and oxygen atoms in total. The highest BCUT2D eigenvalue weighted by molar-refractivity contribution is 7.91. The molecular weight excluding hydrogens is 272 g/mol. The molecule has 0 spiro atoms. The molecule has 0 unspecified atom stereocenters. The topological polar surface area (TPSA) is 43.4 Å². The molecule has 4 heteroatoms. The molecule has 0 atom stereocenters. The van der Waals surface area contributed by atoms with E-state index >= 15 is 0 Å². The Kier molecular flexibility index (Phi) is 3.86. The van der Waals surface area contributed by atoms with Crippen LogP contribution in [0.3, 0.4) is 0 Å². The minimum atomic E-state index is -3.45. The smallest absolute Gasteiger partial charge is 0.206 e. The molecule has 0 saturated carbocycles. The first-order valence-electron chi connectivity index (χ1n) is 6.38. The average molecular weight is 290 g/mol. The maximum absolute atomic E-state index is 12.4. The number of hydrogen-bond acceptors (Lipinski definition) is 3. The minimum Gasteiger partial charge on any atom is -0.488 e. The Morgan fingerprint density at radius 2 is 1.30 bits per heavy atom. The number of ether oxygens (including phenoxy) is 1. The van der Waals surface area contributed by atoms with Gasteiger partial charge < -0.3 is 4.74 Å². The quantitative estimate of drug-likeness (QED) is 0.865. The second-order valence-electron chi connectivity index (χ2n) is 5.50. The van der Waals surface area contributed by atoms with Crippen LogP contribution in [0.2, 0.25) is 0 Å². The van der Waals surface area contributed by atoms with Gasteiger partial charge in [-0.1, -0.05) is 18.2 Å². The third kappa shape index (κ3) is 3.39. The van der Waals surface area contributed by atoms with Crippen LogP contribution in [0.15, 0.2) is 64.4 Å². The van der Waals surface area contributed by atoms with E-state index in [4.69, 9.17) is 4.74 Å². The molecule has 0 aliphatic carbocycles. The molecule has 20 heavy (non-hydrogen) atoms. The predicted octanol–water partition coefficient (Wildman–Crippen LogP) is 3.70. The molecular formula is C16H18O3S. The molecule has 0 radical (unpaired) electrons. The van der Waals surface area contributed by atoms with Crippen LogP contribution in [0.25, 0.3) is 0 Å². The van der Waals surface area contributed by atoms with Crippen LogP contribution >= 0.6 is 0 Å². The van der Waals surface area contributed by atoms with Gasteiger partial charge in [0.05, 0.1) is 9.79 Å². The van der Waals surface area contributed by atoms with Crippen molar-refractivity contribution in [2.24, 2.45) is 0 Å². The normalized spacial score (nSPS) is 12.2. The maximum atomic E-state index is 12.4. The van der Waals surface area contributed by atoms with Crippen molar-refractivity contribution in [2.75, 3.05) is 0 Å². The second-order valence-corrected chi connectivity index (χ2v) is 7.45. The van der Waals surface area contributed by atoms with Crippen LogP contribution in [-0.2, 0) is 9.84 Å². The fourth-order valence-electron chi connectivity index (χ4n) is 1.78. The number of hydrogen-bond donors (Lipinski definition) is 0. The molecule has 0 N–H and O–H groups in total. The van der Waals surface area contributed by atoms with Crippen molar-refractivity contribution in [3.63, 3.8) is 0 Å². The minimum absolute atomic E-state index is 0.268. The molecule has 2 aromatic rings. The average Bonchev–Trinajstić information content (AvgIpc) is 2.38. The van der Waals surface area contributed by atoms with Crippen molar-refractivity contribution < 1.29 is 13.2 Å². The highest BCUT2D eigenvalue weighted by Gasteiger charge is 2.18. The van der Waals surface area contributed by atoms with Gasteiger partial charge in [0.15, 0.2) is 0 Å². The van der Waals surface area contributed by atoms with Crippen LogP contribution < -0.4 is 4.74 Å². The van der Waals surface area contributed by atoms with Crippen molar-refractivity contribution in [2.45, 2.75) is 36.2 Å². The molecule has 2 rings (SSSR count). The standard InChI is InChI=1S/C16H18O3S/c1-16(2,3)19-13-9-11-15(12-10-13)20(17,18)14-7-5-4-6-8-14/h4-12H,1-3H3. The van der Waals surface area contributed by atoms with E-state index in [2.05, 4.69) is 0 Å². The number of sulfone groups is 1. The lowest BCUT2D eigenvalue weighted by molar-refractivity contribution is 0.131. The van der Waals surface area contributed by atoms with E-state index in [-0.39, 0.29) is 10.5 Å². The third-order valence-corrected chi connectivity index (χ3v) is 4.40. The van der Waals surface area contributed by atoms with Gasteiger partial charge in [-0.05, 0) is 57.2 Å². The van der Waals surface area contributed by atoms with Crippen LogP contribution in [0.5, 0.6) is 5.75 Å². The first kappa shape index (κ1) is 14.6. The van der Waals surface area contributed by atoms with Gasteiger partial charge >= 0.3 is 0 Å². The van der Waals surface area contributed by atoms with E-state index in [1.54, 1.807) is 54.6 Å². The summed E-state index contributed by atoms with van der Waals surface area (Å²) in [6, 6.07) is 14.9. The Morgan fingerprint density at radius 3 is 1.80 bits per heavy atom. The second kappa shape index (κ2) is 5.29. The largest absolute Gasteiger partial charge is 0.488 e. The van der Waals surface area contributed by atoms with E-state index in [9.17, 15) is 8.42 Å². The van der Waals surface area contributed by atoms with Gasteiger partial charge in [0.1, 0.15) is 11.4 Å². The Morgan fingerprint density at radius 1 is 0.800 bits per heavy atom. The summed E-state index contributed by atoms with van der Waals surface area (Å²) in [5.41, 5.74) is -0.306. The van der Waals surface area contributed by atoms with Crippen LogP contribution in [-0.4, -0.2) is 14.0 Å². The lowest BCUT2D eigenvalue weighted by Crippen LogP contribution is -2.22. The monoisotopic (exact) mass is 290 g/mol. The summed E-state index contributed by atoms with van der Waals surface area (Å²) >= 11 is 0. The van der Waals surface area contributed by atoms with Gasteiger partial charge in [0.25, 0.3) is 0 Å². The van der Waals surface area contributed by atoms with E-state index in [0.29, 0.717) is 10.6 Å². The fraction of sp³-hybridized carbons (Fsp3) is 0.250. The van der Waals surface area contributed by atoms with Gasteiger partial charge in [-0.2, -0.15) is 0 Å². The van der Waals surface area contributed by atoms with Crippen molar-refractivity contribution in [1.82, 2.24) is 0 Å². The van der Waals surface area contributed by atoms with E-state index < -0.39 is 9.84 Å². The highest BCUT2D eigenvalue weighted by Crippen LogP contribution is 2.24. The predicted molar refractivity (Wildman–Crippen MR) is 78.7 cm³/mol. The van der Waals surface area contributed by atoms with Crippen LogP contribution in [0, 0.1) is 0 Å². The summed E-state index contributed by atoms with van der Waals surface area (Å²) in [6.45, 7) is 5.84. The van der Waals surface area contributed by atoms with E-state index in [0.717, 1.165) is 0 Å². The van der Waals surface area contributed by atoms with Crippen molar-refractivity contribution >= 4 is 9.84 Å². The molecule has 106 valence electrons. The summed E-state index contributed by atoms with van der Waals surface area (Å²) in [6.07, 6.45) is 0. The van der Waals surface area contributed by atoms with Crippen molar-refractivity contribution in [1.29, 1.82) is 0 Å². The van der Waals surface area contributed by atoms with Crippen molar-refractivity contribution in [3.8, 4) is 5.75 Å². The first-order chi connectivity index (χ1) is 9.29. The van der Waals surface area contributed by atoms with Crippen molar-refractivity contribution in [3.05, 3.63) is 54.6 Å². The van der Waals surface area contributed by atoms with Gasteiger partial charge in [0, 0.05) is 0 Å². The zero-order chi connectivity index (χ0) is 14.8. The number of benzene rings is 2. The summed E-state index contributed by atoms with van der Waals surface area (Å²) in [4.78, 5) is 0.564. The fourth-order valence-corrected chi connectivity index (χ4v) is 3.06. The lowest BCUT2D eigenvalue weighted by atomic mass is 10.2. The maximum Gasteiger partial charge on any atom is 0.206 e. The Balaban J connectivity index is 2.31. The van der Waals surface area contributed by atoms with Crippen LogP contribution in [0.1, 0.15) is 20.8 Å². The van der Waals surface area contributed by atoms with Gasteiger partial charge in [-0.15, -0.1) is 0 Å². The zero-order valence-electron chi connectivity index (χ0n) is 11.8. The Labute approximate surface area is 120 Å². The Bertz CT molecular complexity index is 666. The van der Waals surface area contributed by atoms with Gasteiger partial charge in [-0.25, -0.2) is 8.42 Å². The highest BCUT2D eigenvalue weighted by atomic mass is 32.2. The summed E-state index contributed by atoms with van der Waals surface area (Å²) in [7, 11) is -3.45. The SMILES string of the molecule is CC(C)(C)Oc1ccc(S(=O)(=O)c2ccccc2)cc1.